The molecule has 1 fully saturated rings. The number of hydrogen-bond acceptors (Lipinski definition) is 7. The van der Waals surface area contributed by atoms with Crippen LogP contribution in [0.1, 0.15) is 23.3 Å². The minimum atomic E-state index is -1.01. The van der Waals surface area contributed by atoms with Gasteiger partial charge in [-0.15, -0.1) is 11.3 Å². The van der Waals surface area contributed by atoms with Gasteiger partial charge < -0.3 is 15.2 Å². The Morgan fingerprint density at radius 1 is 1.38 bits per heavy atom. The van der Waals surface area contributed by atoms with Gasteiger partial charge in [-0.25, -0.2) is 4.98 Å². The number of hydrogen-bond donors (Lipinski definition) is 2. The zero-order chi connectivity index (χ0) is 18.7. The van der Waals surface area contributed by atoms with Gasteiger partial charge in [0.2, 0.25) is 0 Å². The van der Waals surface area contributed by atoms with E-state index in [9.17, 15) is 19.7 Å². The van der Waals surface area contributed by atoms with Crippen molar-refractivity contribution in [2.24, 2.45) is 0 Å². The normalized spacial score (nSPS) is 19.2. The first-order valence-electron chi connectivity index (χ1n) is 7.71. The molecule has 1 amide bonds. The van der Waals surface area contributed by atoms with Crippen molar-refractivity contribution in [1.29, 1.82) is 0 Å². The maximum Gasteiger partial charge on any atom is 0.305 e. The third-order valence-corrected chi connectivity index (χ3v) is 4.92. The summed E-state index contributed by atoms with van der Waals surface area (Å²) in [5.74, 6) is -1.48. The van der Waals surface area contributed by atoms with Gasteiger partial charge in [0.15, 0.2) is 0 Å². The molecule has 0 bridgehead atoms. The molecule has 0 aliphatic carbocycles. The quantitative estimate of drug-likeness (QED) is 0.582. The predicted molar refractivity (Wildman–Crippen MR) is 92.1 cm³/mol. The Morgan fingerprint density at radius 2 is 2.12 bits per heavy atom. The predicted octanol–water partition coefficient (Wildman–Crippen LogP) is 2.08. The van der Waals surface area contributed by atoms with Gasteiger partial charge in [-0.3, -0.25) is 19.7 Å². The fraction of sp³-hybridized carbons (Fsp3) is 0.312. The number of aromatic nitrogens is 1. The fourth-order valence-corrected chi connectivity index (χ4v) is 3.53. The number of carboxylic acids is 1. The number of nitro benzene ring substituents is 1. The Balaban J connectivity index is 1.75. The summed E-state index contributed by atoms with van der Waals surface area (Å²) in [5.41, 5.74) is -0.135. The van der Waals surface area contributed by atoms with Gasteiger partial charge >= 0.3 is 5.97 Å². The maximum atomic E-state index is 12.5. The van der Waals surface area contributed by atoms with Crippen molar-refractivity contribution in [2.45, 2.75) is 18.4 Å². The van der Waals surface area contributed by atoms with Gasteiger partial charge in [-0.2, -0.15) is 0 Å². The highest BCUT2D eigenvalue weighted by Gasteiger charge is 2.39. The number of amides is 1. The Kier molecular flexibility index (Phi) is 4.96. The maximum absolute atomic E-state index is 12.5. The molecule has 10 heteroatoms. The number of non-ortho nitro benzene ring substituents is 1. The van der Waals surface area contributed by atoms with E-state index in [1.165, 1.54) is 23.5 Å². The molecular formula is C16H15N3O6S. The van der Waals surface area contributed by atoms with Gasteiger partial charge in [-0.1, -0.05) is 0 Å². The van der Waals surface area contributed by atoms with Crippen LogP contribution in [-0.2, 0) is 9.53 Å². The van der Waals surface area contributed by atoms with Gasteiger partial charge in [0, 0.05) is 29.7 Å². The van der Waals surface area contributed by atoms with Crippen LogP contribution in [0.4, 0.5) is 5.69 Å². The largest absolute Gasteiger partial charge is 0.481 e. The smallest absolute Gasteiger partial charge is 0.305 e. The summed E-state index contributed by atoms with van der Waals surface area (Å²) < 4.78 is 5.25. The molecule has 1 aromatic heterocycles. The van der Waals surface area contributed by atoms with Crippen LogP contribution in [0.15, 0.2) is 29.6 Å². The zero-order valence-corrected chi connectivity index (χ0v) is 14.3. The fourth-order valence-electron chi connectivity index (χ4n) is 2.72. The van der Waals surface area contributed by atoms with Crippen LogP contribution in [0.2, 0.25) is 0 Å². The van der Waals surface area contributed by atoms with Gasteiger partial charge in [0.25, 0.3) is 11.6 Å². The highest BCUT2D eigenvalue weighted by molar-refractivity contribution is 7.13. The first-order valence-corrected chi connectivity index (χ1v) is 8.59. The van der Waals surface area contributed by atoms with Crippen molar-refractivity contribution in [3.63, 3.8) is 0 Å². The number of nitro groups is 1. The van der Waals surface area contributed by atoms with E-state index < -0.39 is 22.3 Å². The lowest BCUT2D eigenvalue weighted by Crippen LogP contribution is -2.50. The number of aliphatic carboxylic acids is 1. The minimum Gasteiger partial charge on any atom is -0.481 e. The van der Waals surface area contributed by atoms with E-state index in [1.54, 1.807) is 17.5 Å². The Morgan fingerprint density at radius 3 is 2.69 bits per heavy atom. The molecular weight excluding hydrogens is 362 g/mol. The molecule has 0 spiro atoms. The summed E-state index contributed by atoms with van der Waals surface area (Å²) in [6, 6.07) is 5.87. The second kappa shape index (κ2) is 7.18. The average molecular weight is 377 g/mol. The zero-order valence-electron chi connectivity index (χ0n) is 13.5. The molecule has 1 atom stereocenters. The van der Waals surface area contributed by atoms with Crippen LogP contribution >= 0.6 is 11.3 Å². The number of nitrogens with one attached hydrogen (secondary N) is 1. The average Bonchev–Trinajstić information content (AvgIpc) is 3.24. The molecule has 2 N–H and O–H groups in total. The van der Waals surface area contributed by atoms with Crippen molar-refractivity contribution >= 4 is 28.9 Å². The molecule has 1 saturated heterocycles. The summed E-state index contributed by atoms with van der Waals surface area (Å²) in [4.78, 5) is 38.0. The van der Waals surface area contributed by atoms with Crippen molar-refractivity contribution in [3.05, 3.63) is 45.5 Å². The highest BCUT2D eigenvalue weighted by Crippen LogP contribution is 2.27. The number of nitrogens with zero attached hydrogens (tertiary/aromatic N) is 2. The molecule has 26 heavy (non-hydrogen) atoms. The number of ether oxygens (including phenoxy) is 1. The van der Waals surface area contributed by atoms with E-state index in [0.717, 1.165) is 0 Å². The van der Waals surface area contributed by atoms with Gasteiger partial charge in [0.1, 0.15) is 10.7 Å². The van der Waals surface area contributed by atoms with Crippen LogP contribution in [-0.4, -0.2) is 45.6 Å². The van der Waals surface area contributed by atoms with Crippen LogP contribution in [0.3, 0.4) is 0 Å². The molecule has 1 aliphatic rings. The van der Waals surface area contributed by atoms with E-state index in [-0.39, 0.29) is 24.4 Å². The summed E-state index contributed by atoms with van der Waals surface area (Å²) >= 11 is 1.23. The first-order chi connectivity index (χ1) is 12.4. The number of benzene rings is 1. The Bertz CT molecular complexity index is 842. The Labute approximate surface area is 151 Å². The van der Waals surface area contributed by atoms with Crippen LogP contribution in [0.5, 0.6) is 0 Å². The summed E-state index contributed by atoms with van der Waals surface area (Å²) in [6.07, 6.45) is 0.197. The first kappa shape index (κ1) is 18.0. The van der Waals surface area contributed by atoms with Crippen LogP contribution in [0, 0.1) is 10.1 Å². The lowest BCUT2D eigenvalue weighted by Gasteiger charge is -2.26. The second-order valence-electron chi connectivity index (χ2n) is 5.95. The van der Waals surface area contributed by atoms with Crippen molar-refractivity contribution in [3.8, 4) is 10.6 Å². The summed E-state index contributed by atoms with van der Waals surface area (Å²) in [5, 5.41) is 24.6. The van der Waals surface area contributed by atoms with Crippen molar-refractivity contribution in [2.75, 3.05) is 13.2 Å². The van der Waals surface area contributed by atoms with Crippen LogP contribution < -0.4 is 5.32 Å². The van der Waals surface area contributed by atoms with Crippen molar-refractivity contribution < 1.29 is 24.4 Å². The number of carbonyl (C=O) groups excluding carboxylic acids is 1. The van der Waals surface area contributed by atoms with Gasteiger partial charge in [-0.05, 0) is 18.6 Å². The van der Waals surface area contributed by atoms with Gasteiger partial charge in [0.05, 0.1) is 23.5 Å². The lowest BCUT2D eigenvalue weighted by molar-refractivity contribution is -0.384. The minimum absolute atomic E-state index is 0.0277. The lowest BCUT2D eigenvalue weighted by atomic mass is 9.94. The third-order valence-electron chi connectivity index (χ3n) is 4.03. The molecule has 9 nitrogen and oxygen atoms in total. The molecule has 136 valence electrons. The van der Waals surface area contributed by atoms with E-state index in [2.05, 4.69) is 10.3 Å². The summed E-state index contributed by atoms with van der Waals surface area (Å²) in [6.45, 7) is 0.531. The molecule has 1 unspecified atom stereocenters. The molecule has 1 aliphatic heterocycles. The molecule has 0 saturated carbocycles. The standard InChI is InChI=1S/C16H15N3O6S/c20-13(21)7-16(5-6-25-9-16)18-14(22)12-8-26-15(17-12)10-1-3-11(4-2-10)19(23)24/h1-4,8H,5-7,9H2,(H,18,22)(H,20,21). The molecule has 1 aromatic carbocycles. The van der Waals surface area contributed by atoms with E-state index in [0.29, 0.717) is 23.6 Å². The van der Waals surface area contributed by atoms with Crippen LogP contribution in [0.25, 0.3) is 10.6 Å². The SMILES string of the molecule is O=C(O)CC1(NC(=O)c2csc(-c3ccc([N+](=O)[O-])cc3)n2)CCOC1. The van der Waals surface area contributed by atoms with E-state index in [1.807, 2.05) is 0 Å². The second-order valence-corrected chi connectivity index (χ2v) is 6.81. The number of rotatable bonds is 6. The molecule has 3 rings (SSSR count). The Hall–Kier alpha value is -2.85. The van der Waals surface area contributed by atoms with Crippen molar-refractivity contribution in [1.82, 2.24) is 10.3 Å². The van der Waals surface area contributed by atoms with E-state index >= 15 is 0 Å². The summed E-state index contributed by atoms with van der Waals surface area (Å²) in [7, 11) is 0. The third kappa shape index (κ3) is 3.86. The topological polar surface area (TPSA) is 132 Å². The number of carbonyl (C=O) groups is 2. The molecule has 0 radical (unpaired) electrons. The highest BCUT2D eigenvalue weighted by atomic mass is 32.1. The monoisotopic (exact) mass is 377 g/mol. The molecule has 2 aromatic rings. The number of thiazole rings is 1. The van der Waals surface area contributed by atoms with E-state index in [4.69, 9.17) is 9.84 Å². The number of carboxylic acid groups (broad SMARTS) is 1. The molecule has 2 heterocycles.